The molecule has 1 amide bonds. The van der Waals surface area contributed by atoms with Gasteiger partial charge in [-0.1, -0.05) is 31.5 Å². The molecule has 4 fully saturated rings. The fourth-order valence-corrected chi connectivity index (χ4v) is 7.33. The monoisotopic (exact) mass is 580 g/mol. The predicted octanol–water partition coefficient (Wildman–Crippen LogP) is 6.55. The topological polar surface area (TPSA) is 87.7 Å². The molecule has 42 heavy (non-hydrogen) atoms. The molecule has 2 aromatic carbocycles. The Morgan fingerprint density at radius 1 is 1.12 bits per heavy atom. The van der Waals surface area contributed by atoms with Gasteiger partial charge in [-0.15, -0.1) is 0 Å². The number of amides is 1. The van der Waals surface area contributed by atoms with Crippen molar-refractivity contribution in [3.63, 3.8) is 0 Å². The summed E-state index contributed by atoms with van der Waals surface area (Å²) < 4.78 is 37.4. The Bertz CT molecular complexity index is 1370. The molecule has 1 saturated heterocycles. The van der Waals surface area contributed by atoms with E-state index in [4.69, 9.17) is 4.74 Å². The molecule has 8 heteroatoms. The van der Waals surface area contributed by atoms with Gasteiger partial charge in [0.2, 0.25) is 5.67 Å². The Morgan fingerprint density at radius 3 is 2.52 bits per heavy atom. The fraction of sp³-hybridized carbons (Fsp3) is 0.588. The van der Waals surface area contributed by atoms with Crippen LogP contribution in [-0.2, 0) is 15.0 Å². The minimum atomic E-state index is -1.88. The zero-order chi connectivity index (χ0) is 29.7. The number of ether oxygens (including phenoxy) is 1. The Labute approximate surface area is 246 Å². The molecule has 0 aromatic heterocycles. The Balaban J connectivity index is 1.24. The zero-order valence-electron chi connectivity index (χ0n) is 24.6. The molecule has 0 bridgehead atoms. The van der Waals surface area contributed by atoms with Crippen molar-refractivity contribution in [2.45, 2.75) is 119 Å². The van der Waals surface area contributed by atoms with E-state index in [1.165, 1.54) is 6.07 Å². The molecule has 1 aliphatic heterocycles. The largest absolute Gasteiger partial charge is 0.490 e. The van der Waals surface area contributed by atoms with Crippen molar-refractivity contribution in [1.82, 2.24) is 10.6 Å². The lowest BCUT2D eigenvalue weighted by atomic mass is 9.74. The van der Waals surface area contributed by atoms with Crippen LogP contribution in [-0.4, -0.2) is 46.9 Å². The number of benzene rings is 2. The van der Waals surface area contributed by atoms with Gasteiger partial charge in [-0.05, 0) is 99.1 Å². The van der Waals surface area contributed by atoms with Crippen molar-refractivity contribution in [2.75, 3.05) is 6.54 Å². The maximum absolute atomic E-state index is 15.6. The van der Waals surface area contributed by atoms with E-state index in [0.717, 1.165) is 44.1 Å². The number of hydrogen-bond donors (Lipinski definition) is 3. The molecule has 1 spiro atoms. The maximum atomic E-state index is 15.6. The summed E-state index contributed by atoms with van der Waals surface area (Å²) in [6.45, 7) is 3.62. The summed E-state index contributed by atoms with van der Waals surface area (Å²) in [5, 5.41) is 16.3. The summed E-state index contributed by atoms with van der Waals surface area (Å²) in [6, 6.07) is 10.4. The van der Waals surface area contributed by atoms with Crippen LogP contribution in [0.1, 0.15) is 102 Å². The van der Waals surface area contributed by atoms with Crippen LogP contribution >= 0.6 is 0 Å². The Kier molecular flexibility index (Phi) is 7.57. The molecule has 226 valence electrons. The quantitative estimate of drug-likeness (QED) is 0.313. The van der Waals surface area contributed by atoms with Crippen LogP contribution < -0.4 is 15.4 Å². The van der Waals surface area contributed by atoms with E-state index in [9.17, 15) is 14.7 Å². The molecule has 6 rings (SSSR count). The maximum Gasteiger partial charge on any atom is 0.313 e. The first-order valence-electron chi connectivity index (χ1n) is 15.6. The van der Waals surface area contributed by atoms with Gasteiger partial charge in [0.25, 0.3) is 5.91 Å². The number of halogens is 2. The summed E-state index contributed by atoms with van der Waals surface area (Å²) in [5.41, 5.74) is -0.460. The fourth-order valence-electron chi connectivity index (χ4n) is 7.33. The van der Waals surface area contributed by atoms with Crippen LogP contribution in [0.25, 0.3) is 11.1 Å². The van der Waals surface area contributed by atoms with Crippen molar-refractivity contribution >= 4 is 11.9 Å². The standard InChI is InChI=1S/C34H42F2N2O4/c1-3-32(2,31(40)41)22-11-14-28(26(17-22)25-9-5-10-27(35)29(25)21-7-4-8-21)42-24-13-12-23(18-24)38-30(39)34(36)19-33(37-20-34)15-6-16-33/h5,9-11,14,17,21,23-24,37H,3-4,6-8,12-13,15-16,18-20H2,1-2H3,(H,38,39)(H,40,41)/t23-,24-,32+,34+/m1/s1. The summed E-state index contributed by atoms with van der Waals surface area (Å²) in [7, 11) is 0. The summed E-state index contributed by atoms with van der Waals surface area (Å²) in [5.74, 6) is -1.01. The molecule has 1 heterocycles. The van der Waals surface area contributed by atoms with Gasteiger partial charge in [0, 0.05) is 36.5 Å². The molecular weight excluding hydrogens is 538 g/mol. The summed E-state index contributed by atoms with van der Waals surface area (Å²) in [6.07, 6.45) is 8.14. The molecule has 6 nitrogen and oxygen atoms in total. The van der Waals surface area contributed by atoms with E-state index < -0.39 is 23.0 Å². The lowest BCUT2D eigenvalue weighted by Gasteiger charge is -2.38. The summed E-state index contributed by atoms with van der Waals surface area (Å²) >= 11 is 0. The first-order valence-corrected chi connectivity index (χ1v) is 15.6. The highest BCUT2D eigenvalue weighted by atomic mass is 19.1. The van der Waals surface area contributed by atoms with E-state index in [-0.39, 0.29) is 42.4 Å². The molecule has 3 saturated carbocycles. The van der Waals surface area contributed by atoms with Gasteiger partial charge in [0.15, 0.2) is 0 Å². The van der Waals surface area contributed by atoms with Gasteiger partial charge >= 0.3 is 5.97 Å². The highest BCUT2D eigenvalue weighted by Gasteiger charge is 2.55. The van der Waals surface area contributed by atoms with E-state index in [2.05, 4.69) is 10.6 Å². The average Bonchev–Trinajstić information content (AvgIpc) is 3.53. The van der Waals surface area contributed by atoms with Crippen molar-refractivity contribution in [3.8, 4) is 16.9 Å². The van der Waals surface area contributed by atoms with Crippen molar-refractivity contribution in [3.05, 3.63) is 53.3 Å². The molecule has 2 aromatic rings. The van der Waals surface area contributed by atoms with Crippen LogP contribution in [0.3, 0.4) is 0 Å². The van der Waals surface area contributed by atoms with Gasteiger partial charge in [-0.3, -0.25) is 9.59 Å². The van der Waals surface area contributed by atoms with Gasteiger partial charge < -0.3 is 20.5 Å². The first kappa shape index (κ1) is 29.1. The number of carboxylic acids is 1. The van der Waals surface area contributed by atoms with Crippen molar-refractivity contribution in [2.24, 2.45) is 0 Å². The van der Waals surface area contributed by atoms with Gasteiger partial charge in [-0.25, -0.2) is 8.78 Å². The third-order valence-electron chi connectivity index (χ3n) is 10.7. The van der Waals surface area contributed by atoms with Crippen LogP contribution in [0.4, 0.5) is 8.78 Å². The number of carbonyl (C=O) groups is 2. The zero-order valence-corrected chi connectivity index (χ0v) is 24.6. The minimum absolute atomic E-state index is 0.0607. The molecule has 4 atom stereocenters. The smallest absolute Gasteiger partial charge is 0.313 e. The first-order chi connectivity index (χ1) is 20.1. The third-order valence-corrected chi connectivity index (χ3v) is 10.7. The molecule has 3 aliphatic carbocycles. The number of carbonyl (C=O) groups excluding carboxylic acids is 1. The number of nitrogens with one attached hydrogen (secondary N) is 2. The van der Waals surface area contributed by atoms with Crippen LogP contribution in [0, 0.1) is 5.82 Å². The van der Waals surface area contributed by atoms with E-state index in [0.29, 0.717) is 48.1 Å². The predicted molar refractivity (Wildman–Crippen MR) is 157 cm³/mol. The lowest BCUT2D eigenvalue weighted by molar-refractivity contribution is -0.143. The third kappa shape index (κ3) is 5.10. The van der Waals surface area contributed by atoms with E-state index >= 15 is 8.78 Å². The van der Waals surface area contributed by atoms with Gasteiger partial charge in [0.05, 0.1) is 5.41 Å². The second kappa shape index (κ2) is 10.9. The highest BCUT2D eigenvalue weighted by Crippen LogP contribution is 2.47. The normalized spacial score (nSPS) is 28.1. The number of aliphatic carboxylic acids is 1. The Morgan fingerprint density at radius 2 is 1.90 bits per heavy atom. The highest BCUT2D eigenvalue weighted by molar-refractivity contribution is 5.86. The second-order valence-corrected chi connectivity index (χ2v) is 13.4. The number of alkyl halides is 1. The van der Waals surface area contributed by atoms with Gasteiger partial charge in [0.1, 0.15) is 17.7 Å². The molecule has 4 aliphatic rings. The van der Waals surface area contributed by atoms with Crippen LogP contribution in [0.2, 0.25) is 0 Å². The van der Waals surface area contributed by atoms with E-state index in [1.807, 2.05) is 25.1 Å². The lowest BCUT2D eigenvalue weighted by Crippen LogP contribution is -2.49. The van der Waals surface area contributed by atoms with Crippen molar-refractivity contribution in [1.29, 1.82) is 0 Å². The summed E-state index contributed by atoms with van der Waals surface area (Å²) in [4.78, 5) is 25.3. The van der Waals surface area contributed by atoms with Crippen molar-refractivity contribution < 1.29 is 28.2 Å². The number of carboxylic acid groups (broad SMARTS) is 1. The van der Waals surface area contributed by atoms with Crippen LogP contribution in [0.5, 0.6) is 5.75 Å². The minimum Gasteiger partial charge on any atom is -0.490 e. The second-order valence-electron chi connectivity index (χ2n) is 13.4. The number of rotatable bonds is 9. The Hall–Kier alpha value is -3.00. The molecule has 3 N–H and O–H groups in total. The molecule has 0 unspecified atom stereocenters. The van der Waals surface area contributed by atoms with Crippen LogP contribution in [0.15, 0.2) is 36.4 Å². The molecular formula is C34H42F2N2O4. The SMILES string of the molecule is CC[C@](C)(C(=O)O)c1ccc(O[C@@H]2CC[C@@H](NC(=O)[C@@]3(F)CNC4(CCC4)C3)C2)c(-c2cccc(F)c2C2CCC2)c1. The van der Waals surface area contributed by atoms with Gasteiger partial charge in [-0.2, -0.15) is 0 Å². The number of hydrogen-bond acceptors (Lipinski definition) is 4. The van der Waals surface area contributed by atoms with E-state index in [1.54, 1.807) is 19.1 Å². The molecule has 0 radical (unpaired) electrons. The average molecular weight is 581 g/mol.